The van der Waals surface area contributed by atoms with Gasteiger partial charge in [-0.1, -0.05) is 71.1 Å². The van der Waals surface area contributed by atoms with Crippen LogP contribution in [0.1, 0.15) is 77.6 Å². The molecule has 0 saturated heterocycles. The van der Waals surface area contributed by atoms with E-state index in [1.165, 1.54) is 57.8 Å². The first-order chi connectivity index (χ1) is 11.1. The summed E-state index contributed by atoms with van der Waals surface area (Å²) in [6.45, 7) is 4.26. The number of rotatable bonds is 17. The molecule has 3 N–H and O–H groups in total. The first-order valence-electron chi connectivity index (χ1n) is 9.81. The Bertz CT molecular complexity index is 249. The van der Waals surface area contributed by atoms with E-state index in [0.29, 0.717) is 24.1 Å². The molecule has 0 aliphatic heterocycles. The molecule has 0 spiro atoms. The molecule has 4 nitrogen and oxygen atoms in total. The van der Waals surface area contributed by atoms with Gasteiger partial charge in [-0.05, 0) is 6.42 Å². The van der Waals surface area contributed by atoms with Crippen LogP contribution in [0.2, 0.25) is 0 Å². The van der Waals surface area contributed by atoms with E-state index in [9.17, 15) is 5.11 Å². The minimum absolute atomic E-state index is 0. The van der Waals surface area contributed by atoms with Gasteiger partial charge in [0.05, 0.1) is 20.3 Å². The molecule has 0 heterocycles. The molecule has 148 valence electrons. The van der Waals surface area contributed by atoms with Crippen LogP contribution in [0.4, 0.5) is 0 Å². The molecule has 1 unspecified atom stereocenters. The molecule has 24 heavy (non-hydrogen) atoms. The fourth-order valence-corrected chi connectivity index (χ4v) is 3.24. The highest BCUT2D eigenvalue weighted by molar-refractivity contribution is 4.57. The molecule has 0 aliphatic carbocycles. The van der Waals surface area contributed by atoms with Crippen molar-refractivity contribution in [2.24, 2.45) is 0 Å². The Morgan fingerprint density at radius 3 is 1.58 bits per heavy atom. The zero-order valence-corrected chi connectivity index (χ0v) is 17.6. The number of aliphatic hydroxyl groups is 3. The maximum Gasteiger partial charge on any atom is 0.105 e. The molecular weight excluding hydrogens is 370 g/mol. The molecule has 0 fully saturated rings. The van der Waals surface area contributed by atoms with Gasteiger partial charge >= 0.3 is 0 Å². The molecule has 0 aromatic heterocycles. The molecule has 0 aromatic rings. The van der Waals surface area contributed by atoms with Gasteiger partial charge in [-0.3, -0.25) is 0 Å². The molecule has 5 heteroatoms. The zero-order chi connectivity index (χ0) is 17.4. The van der Waals surface area contributed by atoms with Crippen molar-refractivity contribution >= 4 is 0 Å². The van der Waals surface area contributed by atoms with E-state index in [0.717, 1.165) is 12.8 Å². The molecule has 0 aromatic carbocycles. The average molecular weight is 412 g/mol. The molecule has 0 aliphatic rings. The summed E-state index contributed by atoms with van der Waals surface area (Å²) in [6, 6.07) is 0. The Morgan fingerprint density at radius 1 is 0.750 bits per heavy atom. The summed E-state index contributed by atoms with van der Waals surface area (Å²) in [4.78, 5) is 0. The van der Waals surface area contributed by atoms with Gasteiger partial charge in [0.25, 0.3) is 0 Å². The van der Waals surface area contributed by atoms with Crippen molar-refractivity contribution in [3.8, 4) is 0 Å². The van der Waals surface area contributed by atoms with Crippen molar-refractivity contribution in [1.82, 2.24) is 0 Å². The van der Waals surface area contributed by atoms with Crippen molar-refractivity contribution < 1.29 is 36.8 Å². The molecule has 1 atom stereocenters. The summed E-state index contributed by atoms with van der Waals surface area (Å²) in [5.41, 5.74) is 0. The molecular formula is C19H42BrNO3. The second-order valence-electron chi connectivity index (χ2n) is 7.32. The van der Waals surface area contributed by atoms with E-state index >= 15 is 0 Å². The molecule has 0 amide bonds. The van der Waals surface area contributed by atoms with Crippen LogP contribution in [-0.4, -0.2) is 65.8 Å². The van der Waals surface area contributed by atoms with Crippen LogP contribution in [0.5, 0.6) is 0 Å². The second-order valence-corrected chi connectivity index (χ2v) is 7.32. The van der Waals surface area contributed by atoms with Gasteiger partial charge in [0.15, 0.2) is 0 Å². The first-order valence-corrected chi connectivity index (χ1v) is 9.81. The van der Waals surface area contributed by atoms with Gasteiger partial charge in [0, 0.05) is 0 Å². The molecule has 0 saturated carbocycles. The topological polar surface area (TPSA) is 60.7 Å². The Morgan fingerprint density at radius 2 is 1.17 bits per heavy atom. The lowest BCUT2D eigenvalue weighted by atomic mass is 10.0. The monoisotopic (exact) mass is 411 g/mol. The summed E-state index contributed by atoms with van der Waals surface area (Å²) in [7, 11) is 1.99. The summed E-state index contributed by atoms with van der Waals surface area (Å²) >= 11 is 0. The highest BCUT2D eigenvalue weighted by Crippen LogP contribution is 2.13. The standard InChI is InChI=1S/C19H42NO3.BrH/c1-3-4-5-6-7-8-9-10-11-12-13-19(23)18-20(2,14-16-21)15-17-22;/h19,21-23H,3-18H2,1-2H3;1H/q+1;/p-1. The molecule has 0 bridgehead atoms. The quantitative estimate of drug-likeness (QED) is 0.235. The highest BCUT2D eigenvalue weighted by Gasteiger charge is 2.24. The van der Waals surface area contributed by atoms with Crippen molar-refractivity contribution in [1.29, 1.82) is 0 Å². The van der Waals surface area contributed by atoms with Crippen molar-refractivity contribution in [2.45, 2.75) is 83.7 Å². The number of hydrogen-bond acceptors (Lipinski definition) is 3. The predicted molar refractivity (Wildman–Crippen MR) is 97.4 cm³/mol. The SMILES string of the molecule is CCCCCCCCCCCCC(O)C[N+](C)(CCO)CCO.[Br-]. The van der Waals surface area contributed by atoms with Gasteiger partial charge in [0.2, 0.25) is 0 Å². The third-order valence-corrected chi connectivity index (χ3v) is 4.82. The summed E-state index contributed by atoms with van der Waals surface area (Å²) < 4.78 is 0.548. The van der Waals surface area contributed by atoms with Crippen molar-refractivity contribution in [3.05, 3.63) is 0 Å². The smallest absolute Gasteiger partial charge is 0.105 e. The van der Waals surface area contributed by atoms with E-state index in [2.05, 4.69) is 6.92 Å². The van der Waals surface area contributed by atoms with Crippen molar-refractivity contribution in [2.75, 3.05) is 39.9 Å². The van der Waals surface area contributed by atoms with Gasteiger partial charge in [0.1, 0.15) is 25.7 Å². The van der Waals surface area contributed by atoms with Crippen LogP contribution in [0.3, 0.4) is 0 Å². The third kappa shape index (κ3) is 15.8. The summed E-state index contributed by atoms with van der Waals surface area (Å²) in [5, 5.41) is 28.4. The zero-order valence-electron chi connectivity index (χ0n) is 16.1. The number of hydrogen-bond donors (Lipinski definition) is 3. The molecule has 0 rings (SSSR count). The Hall–Kier alpha value is 0.320. The van der Waals surface area contributed by atoms with Crippen molar-refractivity contribution in [3.63, 3.8) is 0 Å². The van der Waals surface area contributed by atoms with Crippen LogP contribution in [0.15, 0.2) is 0 Å². The molecule has 0 radical (unpaired) electrons. The maximum atomic E-state index is 10.2. The second kappa shape index (κ2) is 18.1. The van der Waals surface area contributed by atoms with Gasteiger partial charge in [-0.25, -0.2) is 0 Å². The van der Waals surface area contributed by atoms with Gasteiger partial charge in [-0.15, -0.1) is 0 Å². The first kappa shape index (κ1) is 26.5. The highest BCUT2D eigenvalue weighted by atomic mass is 79.9. The lowest BCUT2D eigenvalue weighted by molar-refractivity contribution is -0.913. The van der Waals surface area contributed by atoms with Crippen LogP contribution in [0, 0.1) is 0 Å². The van der Waals surface area contributed by atoms with E-state index in [1.54, 1.807) is 0 Å². The lowest BCUT2D eigenvalue weighted by Gasteiger charge is -2.35. The number of aliphatic hydroxyl groups excluding tert-OH is 3. The van der Waals surface area contributed by atoms with E-state index in [4.69, 9.17) is 10.2 Å². The van der Waals surface area contributed by atoms with Crippen LogP contribution >= 0.6 is 0 Å². The number of quaternary nitrogens is 1. The number of nitrogens with zero attached hydrogens (tertiary/aromatic N) is 1. The minimum Gasteiger partial charge on any atom is -1.00 e. The van der Waals surface area contributed by atoms with Gasteiger partial charge in [-0.2, -0.15) is 0 Å². The Labute approximate surface area is 160 Å². The number of likely N-dealkylation sites (N-methyl/N-ethyl adjacent to an activating group) is 1. The summed E-state index contributed by atoms with van der Waals surface area (Å²) in [6.07, 6.45) is 13.6. The predicted octanol–water partition coefficient (Wildman–Crippen LogP) is 0.0935. The van der Waals surface area contributed by atoms with Crippen LogP contribution < -0.4 is 17.0 Å². The average Bonchev–Trinajstić information content (AvgIpc) is 2.49. The summed E-state index contributed by atoms with van der Waals surface area (Å²) in [5.74, 6) is 0. The maximum absolute atomic E-state index is 10.2. The number of halogens is 1. The van der Waals surface area contributed by atoms with E-state index in [-0.39, 0.29) is 36.3 Å². The van der Waals surface area contributed by atoms with E-state index in [1.807, 2.05) is 7.05 Å². The Balaban J connectivity index is 0. The van der Waals surface area contributed by atoms with Crippen LogP contribution in [-0.2, 0) is 0 Å². The lowest BCUT2D eigenvalue weighted by Crippen LogP contribution is -3.00. The number of unbranched alkanes of at least 4 members (excludes halogenated alkanes) is 9. The third-order valence-electron chi connectivity index (χ3n) is 4.82. The fourth-order valence-electron chi connectivity index (χ4n) is 3.24. The van der Waals surface area contributed by atoms with Gasteiger partial charge < -0.3 is 36.8 Å². The Kier molecular flexibility index (Phi) is 20.0. The largest absolute Gasteiger partial charge is 1.00 e. The normalized spacial score (nSPS) is 12.9. The fraction of sp³-hybridized carbons (Fsp3) is 1.00. The minimum atomic E-state index is -0.327. The van der Waals surface area contributed by atoms with Crippen LogP contribution in [0.25, 0.3) is 0 Å². The van der Waals surface area contributed by atoms with E-state index < -0.39 is 0 Å².